The molecule has 5 heteroatoms. The van der Waals surface area contributed by atoms with Crippen molar-refractivity contribution in [2.24, 2.45) is 23.7 Å². The Balaban J connectivity index is 1.55. The minimum absolute atomic E-state index is 0.0465. The van der Waals surface area contributed by atoms with E-state index in [9.17, 15) is 9.59 Å². The summed E-state index contributed by atoms with van der Waals surface area (Å²) in [6, 6.07) is 5.28. The minimum atomic E-state index is -0.174. The lowest BCUT2D eigenvalue weighted by Crippen LogP contribution is -2.33. The summed E-state index contributed by atoms with van der Waals surface area (Å²) in [7, 11) is 0. The van der Waals surface area contributed by atoms with Crippen LogP contribution in [-0.4, -0.2) is 18.6 Å². The molecular weight excluding hydrogens is 306 g/mol. The second-order valence-corrected chi connectivity index (χ2v) is 7.35. The maximum Gasteiger partial charge on any atom is 0.238 e. The number of benzene rings is 1. The number of ether oxygens (including phenoxy) is 2. The summed E-state index contributed by atoms with van der Waals surface area (Å²) in [4.78, 5) is 27.5. The van der Waals surface area contributed by atoms with Gasteiger partial charge in [0.2, 0.25) is 18.6 Å². The van der Waals surface area contributed by atoms with Crippen LogP contribution in [0.2, 0.25) is 0 Å². The molecular formula is C19H19NO4. The third-order valence-corrected chi connectivity index (χ3v) is 6.04. The van der Waals surface area contributed by atoms with Crippen molar-refractivity contribution >= 4 is 17.5 Å². The molecule has 0 aromatic heterocycles. The Morgan fingerprint density at radius 1 is 1.00 bits per heavy atom. The monoisotopic (exact) mass is 325 g/mol. The van der Waals surface area contributed by atoms with Crippen molar-refractivity contribution in [3.8, 4) is 11.5 Å². The third kappa shape index (κ3) is 1.60. The van der Waals surface area contributed by atoms with Crippen LogP contribution in [0.3, 0.4) is 0 Å². The molecule has 0 spiro atoms. The van der Waals surface area contributed by atoms with Crippen LogP contribution >= 0.6 is 0 Å². The number of rotatable bonds is 1. The Bertz CT molecular complexity index is 776. The third-order valence-electron chi connectivity index (χ3n) is 6.04. The van der Waals surface area contributed by atoms with Gasteiger partial charge in [-0.2, -0.15) is 0 Å². The van der Waals surface area contributed by atoms with E-state index in [1.165, 1.54) is 16.0 Å². The summed E-state index contributed by atoms with van der Waals surface area (Å²) in [5, 5.41) is 0. The van der Waals surface area contributed by atoms with Crippen LogP contribution < -0.4 is 14.4 Å². The fourth-order valence-electron chi connectivity index (χ4n) is 5.27. The van der Waals surface area contributed by atoms with Crippen LogP contribution in [0.4, 0.5) is 5.69 Å². The number of hydrogen-bond acceptors (Lipinski definition) is 4. The lowest BCUT2D eigenvalue weighted by molar-refractivity contribution is -0.123. The van der Waals surface area contributed by atoms with Gasteiger partial charge in [-0.15, -0.1) is 0 Å². The summed E-state index contributed by atoms with van der Waals surface area (Å²) in [6.07, 6.45) is 2.06. The van der Waals surface area contributed by atoms with Gasteiger partial charge in [0.15, 0.2) is 11.5 Å². The van der Waals surface area contributed by atoms with E-state index in [4.69, 9.17) is 9.47 Å². The molecule has 124 valence electrons. The molecule has 0 unspecified atom stereocenters. The van der Waals surface area contributed by atoms with Crippen molar-refractivity contribution < 1.29 is 19.1 Å². The van der Waals surface area contributed by atoms with Crippen molar-refractivity contribution in [1.29, 1.82) is 0 Å². The maximum atomic E-state index is 13.1. The standard InChI is InChI=1S/C19H19NO4/c1-9(2)15-11-4-5-12(15)17-16(11)18(21)20(19(17)22)10-3-6-13-14(7-10)24-8-23-13/h3,6-7,11-12,16-17H,4-5,8H2,1-2H3/t11-,12-,16-,17-/m1/s1. The molecule has 2 amide bonds. The number of anilines is 1. The zero-order valence-corrected chi connectivity index (χ0v) is 13.7. The Morgan fingerprint density at radius 2 is 1.62 bits per heavy atom. The first-order chi connectivity index (χ1) is 11.6. The molecule has 2 aliphatic heterocycles. The zero-order chi connectivity index (χ0) is 16.6. The number of imide groups is 1. The number of amides is 2. The first kappa shape index (κ1) is 14.1. The van der Waals surface area contributed by atoms with E-state index in [2.05, 4.69) is 13.8 Å². The SMILES string of the molecule is CC(C)=C1[C@H]2CC[C@H]1[C@H]1C(=O)N(c3ccc4c(c3)OCO4)C(=O)[C@@H]12. The van der Waals surface area contributed by atoms with Gasteiger partial charge in [0.05, 0.1) is 17.5 Å². The number of nitrogens with zero attached hydrogens (tertiary/aromatic N) is 1. The molecule has 3 fully saturated rings. The van der Waals surface area contributed by atoms with Crippen LogP contribution in [0.1, 0.15) is 26.7 Å². The van der Waals surface area contributed by atoms with Crippen molar-refractivity contribution in [1.82, 2.24) is 0 Å². The summed E-state index contributed by atoms with van der Waals surface area (Å²) >= 11 is 0. The number of carbonyl (C=O) groups is 2. The molecule has 1 saturated heterocycles. The molecule has 5 nitrogen and oxygen atoms in total. The summed E-state index contributed by atoms with van der Waals surface area (Å²) in [6.45, 7) is 4.39. The Morgan fingerprint density at radius 3 is 2.25 bits per heavy atom. The topological polar surface area (TPSA) is 55.8 Å². The predicted molar refractivity (Wildman–Crippen MR) is 86.6 cm³/mol. The van der Waals surface area contributed by atoms with E-state index in [-0.39, 0.29) is 42.3 Å². The first-order valence-electron chi connectivity index (χ1n) is 8.52. The quantitative estimate of drug-likeness (QED) is 0.588. The largest absolute Gasteiger partial charge is 0.454 e. The molecule has 2 saturated carbocycles. The number of hydrogen-bond donors (Lipinski definition) is 0. The van der Waals surface area contributed by atoms with Gasteiger partial charge in [-0.05, 0) is 50.7 Å². The van der Waals surface area contributed by atoms with E-state index < -0.39 is 0 Å². The van der Waals surface area contributed by atoms with Crippen LogP contribution in [-0.2, 0) is 9.59 Å². The lowest BCUT2D eigenvalue weighted by Gasteiger charge is -2.19. The predicted octanol–water partition coefficient (Wildman–Crippen LogP) is 2.90. The molecule has 0 N–H and O–H groups in total. The molecule has 4 aliphatic rings. The van der Waals surface area contributed by atoms with E-state index in [0.717, 1.165) is 12.8 Å². The average Bonchev–Trinajstić information content (AvgIpc) is 3.29. The average molecular weight is 325 g/mol. The van der Waals surface area contributed by atoms with Crippen molar-refractivity contribution in [2.45, 2.75) is 26.7 Å². The zero-order valence-electron chi connectivity index (χ0n) is 13.7. The van der Waals surface area contributed by atoms with Crippen molar-refractivity contribution in [3.63, 3.8) is 0 Å². The minimum Gasteiger partial charge on any atom is -0.454 e. The van der Waals surface area contributed by atoms with Crippen LogP contribution in [0.15, 0.2) is 29.3 Å². The number of carbonyl (C=O) groups excluding carboxylic acids is 2. The Labute approximate surface area is 140 Å². The van der Waals surface area contributed by atoms with Gasteiger partial charge < -0.3 is 9.47 Å². The highest BCUT2D eigenvalue weighted by molar-refractivity contribution is 6.23. The smallest absolute Gasteiger partial charge is 0.238 e. The molecule has 2 heterocycles. The molecule has 2 aliphatic carbocycles. The van der Waals surface area contributed by atoms with E-state index >= 15 is 0 Å². The van der Waals surface area contributed by atoms with Gasteiger partial charge >= 0.3 is 0 Å². The fraction of sp³-hybridized carbons (Fsp3) is 0.474. The lowest BCUT2D eigenvalue weighted by atomic mass is 9.81. The van der Waals surface area contributed by atoms with E-state index in [1.807, 2.05) is 0 Å². The van der Waals surface area contributed by atoms with Crippen LogP contribution in [0.25, 0.3) is 0 Å². The molecule has 5 rings (SSSR count). The van der Waals surface area contributed by atoms with Crippen molar-refractivity contribution in [2.75, 3.05) is 11.7 Å². The molecule has 2 bridgehead atoms. The maximum absolute atomic E-state index is 13.1. The number of fused-ring (bicyclic) bond motifs is 6. The molecule has 1 aromatic carbocycles. The van der Waals surface area contributed by atoms with E-state index in [0.29, 0.717) is 17.2 Å². The van der Waals surface area contributed by atoms with Gasteiger partial charge in [0.25, 0.3) is 0 Å². The highest BCUT2D eigenvalue weighted by Crippen LogP contribution is 2.60. The second-order valence-electron chi connectivity index (χ2n) is 7.35. The molecule has 4 atom stereocenters. The first-order valence-corrected chi connectivity index (χ1v) is 8.52. The summed E-state index contributed by atoms with van der Waals surface area (Å²) in [5.41, 5.74) is 3.26. The Kier molecular flexibility index (Phi) is 2.71. The molecule has 0 radical (unpaired) electrons. The highest BCUT2D eigenvalue weighted by atomic mass is 16.7. The second kappa shape index (κ2) is 4.62. The highest BCUT2D eigenvalue weighted by Gasteiger charge is 2.63. The van der Waals surface area contributed by atoms with Gasteiger partial charge in [-0.25, -0.2) is 4.90 Å². The normalized spacial score (nSPS) is 32.8. The van der Waals surface area contributed by atoms with Gasteiger partial charge in [0.1, 0.15) is 0 Å². The fourth-order valence-corrected chi connectivity index (χ4v) is 5.27. The van der Waals surface area contributed by atoms with Crippen LogP contribution in [0, 0.1) is 23.7 Å². The Hall–Kier alpha value is -2.30. The molecule has 1 aromatic rings. The summed E-state index contributed by atoms with van der Waals surface area (Å²) in [5.74, 6) is 1.31. The number of allylic oxidation sites excluding steroid dienone is 2. The summed E-state index contributed by atoms with van der Waals surface area (Å²) < 4.78 is 10.7. The van der Waals surface area contributed by atoms with Gasteiger partial charge in [0, 0.05) is 6.07 Å². The van der Waals surface area contributed by atoms with Crippen LogP contribution in [0.5, 0.6) is 11.5 Å². The molecule has 24 heavy (non-hydrogen) atoms. The van der Waals surface area contributed by atoms with Gasteiger partial charge in [-0.1, -0.05) is 11.1 Å². The van der Waals surface area contributed by atoms with E-state index in [1.54, 1.807) is 18.2 Å². The van der Waals surface area contributed by atoms with Gasteiger partial charge in [-0.3, -0.25) is 9.59 Å². The van der Waals surface area contributed by atoms with Crippen molar-refractivity contribution in [3.05, 3.63) is 29.3 Å².